The molecule has 0 aromatic heterocycles. The maximum atomic E-state index is 13.1. The highest BCUT2D eigenvalue weighted by atomic mass is 32.2. The smallest absolute Gasteiger partial charge is 0.408 e. The predicted molar refractivity (Wildman–Crippen MR) is 118 cm³/mol. The quantitative estimate of drug-likeness (QED) is 0.549. The Balaban J connectivity index is 1.93. The monoisotopic (exact) mass is 463 g/mol. The molecule has 0 saturated heterocycles. The van der Waals surface area contributed by atoms with Crippen molar-refractivity contribution in [3.05, 3.63) is 36.4 Å². The van der Waals surface area contributed by atoms with E-state index in [0.717, 1.165) is 6.42 Å². The van der Waals surface area contributed by atoms with E-state index in [2.05, 4.69) is 15.4 Å². The summed E-state index contributed by atoms with van der Waals surface area (Å²) in [6.45, 7) is 5.09. The number of rotatable bonds is 1. The fourth-order valence-corrected chi connectivity index (χ4v) is 4.76. The van der Waals surface area contributed by atoms with E-state index in [4.69, 9.17) is 4.74 Å². The summed E-state index contributed by atoms with van der Waals surface area (Å²) in [7, 11) is -4.32. The molecule has 3 N–H and O–H groups in total. The highest BCUT2D eigenvalue weighted by Crippen LogP contribution is 2.45. The first kappa shape index (κ1) is 23.8. The van der Waals surface area contributed by atoms with Gasteiger partial charge in [-0.15, -0.1) is 0 Å². The van der Waals surface area contributed by atoms with Gasteiger partial charge in [0.1, 0.15) is 16.0 Å². The number of ether oxygens (including phenoxy) is 1. The number of hydrogen-bond donors (Lipinski definition) is 3. The van der Waals surface area contributed by atoms with E-state index in [1.165, 1.54) is 18.2 Å². The van der Waals surface area contributed by atoms with E-state index < -0.39 is 33.2 Å². The van der Waals surface area contributed by atoms with Gasteiger partial charge in [-0.05, 0) is 58.6 Å². The van der Waals surface area contributed by atoms with Gasteiger partial charge < -0.3 is 15.4 Å². The van der Waals surface area contributed by atoms with Gasteiger partial charge in [0.05, 0.1) is 5.69 Å². The van der Waals surface area contributed by atoms with Crippen molar-refractivity contribution in [2.45, 2.75) is 68.9 Å². The lowest BCUT2D eigenvalue weighted by molar-refractivity contribution is -0.122. The van der Waals surface area contributed by atoms with Gasteiger partial charge >= 0.3 is 6.09 Å². The Morgan fingerprint density at radius 3 is 2.62 bits per heavy atom. The van der Waals surface area contributed by atoms with Crippen molar-refractivity contribution in [3.63, 3.8) is 0 Å². The minimum atomic E-state index is -4.32. The molecule has 2 aliphatic rings. The average Bonchev–Trinajstić information content (AvgIpc) is 3.36. The van der Waals surface area contributed by atoms with Gasteiger partial charge in [-0.25, -0.2) is 17.9 Å². The lowest BCUT2D eigenvalue weighted by Crippen LogP contribution is -2.52. The van der Waals surface area contributed by atoms with Crippen LogP contribution in [0.4, 0.5) is 10.5 Å². The third-order valence-electron chi connectivity index (χ3n) is 5.21. The molecule has 1 saturated carbocycles. The number of carbonyl (C=O) groups excluding carboxylic acids is 3. The molecule has 1 aromatic rings. The molecule has 3 amide bonds. The average molecular weight is 464 g/mol. The molecule has 1 aromatic carbocycles. The Labute approximate surface area is 188 Å². The second-order valence-corrected chi connectivity index (χ2v) is 10.7. The molecule has 0 radical (unpaired) electrons. The fraction of sp³-hybridized carbons (Fsp3) is 0.500. The summed E-state index contributed by atoms with van der Waals surface area (Å²) < 4.78 is 33.4. The van der Waals surface area contributed by atoms with Crippen molar-refractivity contribution in [3.8, 4) is 0 Å². The second kappa shape index (κ2) is 8.93. The number of sulfonamides is 1. The van der Waals surface area contributed by atoms with Gasteiger partial charge in [0.15, 0.2) is 0 Å². The summed E-state index contributed by atoms with van der Waals surface area (Å²) in [5, 5.41) is 5.19. The number of fused-ring (bicyclic) bond motifs is 2. The number of alkyl carbamates (subject to hydrolysis) is 1. The molecule has 0 spiro atoms. The lowest BCUT2D eigenvalue weighted by Gasteiger charge is -2.24. The molecule has 174 valence electrons. The first-order valence-electron chi connectivity index (χ1n) is 10.6. The largest absolute Gasteiger partial charge is 0.444 e. The number of hydrogen-bond acceptors (Lipinski definition) is 6. The standard InChI is InChI=1S/C22H29N3O6S/c1-21(2,3)31-20(28)24-22-14-15(22)10-6-4-5-7-13-18(26)23-16-11-8-9-12-17(16)32(29,30)25-19(22)27/h6,8-12,15H,4-5,7,13-14H2,1-3H3,(H,23,26)(H,24,28)(H,25,27)/t15-,22-/m1/s1. The Morgan fingerprint density at radius 2 is 1.91 bits per heavy atom. The molecule has 1 fully saturated rings. The zero-order chi connectivity index (χ0) is 23.6. The van der Waals surface area contributed by atoms with Gasteiger partial charge in [0.25, 0.3) is 15.9 Å². The van der Waals surface area contributed by atoms with Crippen LogP contribution in [0.5, 0.6) is 0 Å². The first-order chi connectivity index (χ1) is 14.9. The van der Waals surface area contributed by atoms with Crippen LogP contribution in [0.15, 0.2) is 41.3 Å². The molecule has 0 bridgehead atoms. The number of benzene rings is 1. The van der Waals surface area contributed by atoms with Gasteiger partial charge in [-0.1, -0.05) is 24.3 Å². The zero-order valence-corrected chi connectivity index (χ0v) is 19.3. The maximum absolute atomic E-state index is 13.1. The number of amides is 3. The van der Waals surface area contributed by atoms with Crippen LogP contribution < -0.4 is 15.4 Å². The normalized spacial score (nSPS) is 25.7. The van der Waals surface area contributed by atoms with Gasteiger partial charge in [-0.3, -0.25) is 9.59 Å². The van der Waals surface area contributed by atoms with Crippen LogP contribution in [-0.2, 0) is 24.3 Å². The molecular formula is C22H29N3O6S. The Morgan fingerprint density at radius 1 is 1.19 bits per heavy atom. The highest BCUT2D eigenvalue weighted by Gasteiger charge is 2.61. The number of carbonyl (C=O) groups is 3. The van der Waals surface area contributed by atoms with E-state index in [9.17, 15) is 22.8 Å². The molecule has 1 heterocycles. The number of allylic oxidation sites excluding steroid dienone is 1. The summed E-state index contributed by atoms with van der Waals surface area (Å²) in [6, 6.07) is 5.87. The van der Waals surface area contributed by atoms with Crippen molar-refractivity contribution < 1.29 is 27.5 Å². The van der Waals surface area contributed by atoms with Crippen molar-refractivity contribution in [2.75, 3.05) is 5.32 Å². The van der Waals surface area contributed by atoms with Crippen molar-refractivity contribution in [2.24, 2.45) is 5.92 Å². The number of para-hydroxylation sites is 1. The molecule has 0 unspecified atom stereocenters. The van der Waals surface area contributed by atoms with Crippen LogP contribution in [0.2, 0.25) is 0 Å². The SMILES string of the molecule is CC(C)(C)OC(=O)N[C@]12C[C@H]1C=CCCCCC(=O)Nc1ccccc1S(=O)(=O)NC2=O. The van der Waals surface area contributed by atoms with Crippen LogP contribution in [-0.4, -0.2) is 37.5 Å². The van der Waals surface area contributed by atoms with Crippen molar-refractivity contribution >= 4 is 33.6 Å². The van der Waals surface area contributed by atoms with E-state index >= 15 is 0 Å². The molecule has 1 aliphatic carbocycles. The van der Waals surface area contributed by atoms with E-state index in [0.29, 0.717) is 12.8 Å². The lowest BCUT2D eigenvalue weighted by atomic mass is 10.1. The molecule has 32 heavy (non-hydrogen) atoms. The van der Waals surface area contributed by atoms with Gasteiger partial charge in [-0.2, -0.15) is 0 Å². The molecule has 9 nitrogen and oxygen atoms in total. The third-order valence-corrected chi connectivity index (χ3v) is 6.60. The molecular weight excluding hydrogens is 434 g/mol. The highest BCUT2D eigenvalue weighted by molar-refractivity contribution is 7.90. The number of anilines is 1. The van der Waals surface area contributed by atoms with Crippen LogP contribution in [0, 0.1) is 5.92 Å². The van der Waals surface area contributed by atoms with Crippen molar-refractivity contribution in [1.82, 2.24) is 10.0 Å². The van der Waals surface area contributed by atoms with Gasteiger partial charge in [0.2, 0.25) is 5.91 Å². The fourth-order valence-electron chi connectivity index (χ4n) is 3.56. The summed E-state index contributed by atoms with van der Waals surface area (Å²) in [5.74, 6) is -1.52. The van der Waals surface area contributed by atoms with Crippen LogP contribution in [0.1, 0.15) is 52.9 Å². The Hall–Kier alpha value is -2.88. The minimum Gasteiger partial charge on any atom is -0.444 e. The summed E-state index contributed by atoms with van der Waals surface area (Å²) in [4.78, 5) is 37.5. The predicted octanol–water partition coefficient (Wildman–Crippen LogP) is 2.84. The van der Waals surface area contributed by atoms with Crippen LogP contribution in [0.25, 0.3) is 0 Å². The second-order valence-electron chi connectivity index (χ2n) is 9.06. The van der Waals surface area contributed by atoms with Gasteiger partial charge in [0, 0.05) is 12.3 Å². The van der Waals surface area contributed by atoms with Crippen LogP contribution >= 0.6 is 0 Å². The van der Waals surface area contributed by atoms with Crippen molar-refractivity contribution in [1.29, 1.82) is 0 Å². The molecule has 10 heteroatoms. The van der Waals surface area contributed by atoms with E-state index in [-0.39, 0.29) is 35.2 Å². The first-order valence-corrected chi connectivity index (χ1v) is 12.1. The van der Waals surface area contributed by atoms with E-state index in [1.54, 1.807) is 32.9 Å². The molecule has 3 rings (SSSR count). The third kappa shape index (κ3) is 5.67. The summed E-state index contributed by atoms with van der Waals surface area (Å²) in [6.07, 6.45) is 5.48. The Bertz CT molecular complexity index is 1040. The number of nitrogens with one attached hydrogen (secondary N) is 3. The molecule has 2 atom stereocenters. The topological polar surface area (TPSA) is 131 Å². The Kier molecular flexibility index (Phi) is 6.64. The van der Waals surface area contributed by atoms with Crippen LogP contribution in [0.3, 0.4) is 0 Å². The molecule has 1 aliphatic heterocycles. The zero-order valence-electron chi connectivity index (χ0n) is 18.4. The summed E-state index contributed by atoms with van der Waals surface area (Å²) in [5.41, 5.74) is -2.11. The van der Waals surface area contributed by atoms with E-state index in [1.807, 2.05) is 6.08 Å². The maximum Gasteiger partial charge on any atom is 0.408 e. The minimum absolute atomic E-state index is 0.0901. The summed E-state index contributed by atoms with van der Waals surface area (Å²) >= 11 is 0.